The molecule has 1 aliphatic rings. The van der Waals surface area contributed by atoms with E-state index in [0.717, 1.165) is 11.1 Å². The normalized spacial score (nSPS) is 15.3. The zero-order chi connectivity index (χ0) is 19.4. The van der Waals surface area contributed by atoms with Crippen molar-refractivity contribution in [2.75, 3.05) is 7.05 Å². The Morgan fingerprint density at radius 3 is 2.48 bits per heavy atom. The van der Waals surface area contributed by atoms with E-state index in [1.807, 2.05) is 37.3 Å². The van der Waals surface area contributed by atoms with Crippen LogP contribution < -0.4 is 0 Å². The summed E-state index contributed by atoms with van der Waals surface area (Å²) < 4.78 is 13.1. The van der Waals surface area contributed by atoms with Crippen molar-refractivity contribution in [2.24, 2.45) is 5.10 Å². The average molecular weight is 367 g/mol. The van der Waals surface area contributed by atoms with E-state index in [4.69, 9.17) is 0 Å². The van der Waals surface area contributed by atoms with Crippen LogP contribution in [0.25, 0.3) is 0 Å². The van der Waals surface area contributed by atoms with Crippen LogP contribution in [0, 0.1) is 5.82 Å². The summed E-state index contributed by atoms with van der Waals surface area (Å²) in [6.45, 7) is 2.22. The molecule has 0 bridgehead atoms. The van der Waals surface area contributed by atoms with Gasteiger partial charge in [0.1, 0.15) is 11.5 Å². The first-order valence-corrected chi connectivity index (χ1v) is 8.90. The number of carbonyl (C=O) groups is 2. The molecule has 6 heteroatoms. The van der Waals surface area contributed by atoms with Crippen LogP contribution in [0.5, 0.6) is 0 Å². The maximum Gasteiger partial charge on any atom is 0.270 e. The van der Waals surface area contributed by atoms with Crippen LogP contribution in [0.3, 0.4) is 0 Å². The monoisotopic (exact) mass is 367 g/mol. The molecule has 0 aromatic heterocycles. The number of nitrogens with zero attached hydrogens (tertiary/aromatic N) is 3. The Morgan fingerprint density at radius 1 is 1.15 bits per heavy atom. The third-order valence-electron chi connectivity index (χ3n) is 4.78. The van der Waals surface area contributed by atoms with Crippen LogP contribution in [-0.2, 0) is 16.1 Å². The summed E-state index contributed by atoms with van der Waals surface area (Å²) in [5.74, 6) is -0.631. The van der Waals surface area contributed by atoms with Crippen LogP contribution in [0.15, 0.2) is 59.7 Å². The number of rotatable bonds is 5. The third kappa shape index (κ3) is 4.39. The van der Waals surface area contributed by atoms with Gasteiger partial charge >= 0.3 is 0 Å². The number of amides is 2. The highest BCUT2D eigenvalue weighted by molar-refractivity contribution is 6.39. The molecule has 1 atom stereocenters. The fourth-order valence-electron chi connectivity index (χ4n) is 2.98. The van der Waals surface area contributed by atoms with E-state index in [-0.39, 0.29) is 30.1 Å². The first kappa shape index (κ1) is 18.8. The molecule has 0 fully saturated rings. The Hall–Kier alpha value is -3.02. The topological polar surface area (TPSA) is 53.0 Å². The van der Waals surface area contributed by atoms with Crippen LogP contribution in [0.4, 0.5) is 4.39 Å². The van der Waals surface area contributed by atoms with E-state index < -0.39 is 0 Å². The molecular formula is C21H22FN3O2. The van der Waals surface area contributed by atoms with Gasteiger partial charge in [-0.15, -0.1) is 0 Å². The molecule has 1 heterocycles. The van der Waals surface area contributed by atoms with Gasteiger partial charge in [-0.2, -0.15) is 5.10 Å². The molecule has 0 aliphatic carbocycles. The van der Waals surface area contributed by atoms with E-state index in [2.05, 4.69) is 5.10 Å². The molecule has 2 aromatic rings. The molecule has 0 unspecified atom stereocenters. The van der Waals surface area contributed by atoms with Gasteiger partial charge in [0.15, 0.2) is 0 Å². The van der Waals surface area contributed by atoms with Crippen molar-refractivity contribution in [2.45, 2.75) is 32.4 Å². The molecule has 3 rings (SSSR count). The first-order chi connectivity index (χ1) is 13.0. The van der Waals surface area contributed by atoms with Crippen molar-refractivity contribution in [1.29, 1.82) is 0 Å². The molecular weight excluding hydrogens is 345 g/mol. The van der Waals surface area contributed by atoms with Crippen LogP contribution in [0.2, 0.25) is 0 Å². The Labute approximate surface area is 158 Å². The lowest BCUT2D eigenvalue weighted by Crippen LogP contribution is -2.40. The van der Waals surface area contributed by atoms with Gasteiger partial charge in [0.2, 0.25) is 5.91 Å². The highest BCUT2D eigenvalue weighted by Crippen LogP contribution is 2.21. The second kappa shape index (κ2) is 8.12. The number of hydrogen-bond acceptors (Lipinski definition) is 3. The van der Waals surface area contributed by atoms with E-state index in [0.29, 0.717) is 18.7 Å². The van der Waals surface area contributed by atoms with Gasteiger partial charge in [-0.05, 0) is 30.2 Å². The summed E-state index contributed by atoms with van der Waals surface area (Å²) in [4.78, 5) is 26.6. The summed E-state index contributed by atoms with van der Waals surface area (Å²) in [6.07, 6.45) is 0.583. The van der Waals surface area contributed by atoms with Crippen LogP contribution in [0.1, 0.15) is 36.9 Å². The molecule has 0 spiro atoms. The Morgan fingerprint density at radius 2 is 1.81 bits per heavy atom. The standard InChI is InChI=1S/C21H22FN3O2/c1-15(17-8-10-18(22)11-9-17)24(2)21(27)19-12-13-20(26)25(23-19)14-16-6-4-3-5-7-16/h3-11,15H,12-14H2,1-2H3/t15-/m1/s1. The zero-order valence-electron chi connectivity index (χ0n) is 15.4. The number of carbonyl (C=O) groups excluding carboxylic acids is 2. The molecule has 5 nitrogen and oxygen atoms in total. The molecule has 140 valence electrons. The highest BCUT2D eigenvalue weighted by atomic mass is 19.1. The van der Waals surface area contributed by atoms with Crippen LogP contribution >= 0.6 is 0 Å². The van der Waals surface area contributed by atoms with Crippen molar-refractivity contribution in [3.05, 3.63) is 71.5 Å². The Bertz CT molecular complexity index is 849. The van der Waals surface area contributed by atoms with E-state index in [1.54, 1.807) is 24.1 Å². The second-order valence-corrected chi connectivity index (χ2v) is 6.63. The van der Waals surface area contributed by atoms with Crippen molar-refractivity contribution in [3.8, 4) is 0 Å². The predicted molar refractivity (Wildman–Crippen MR) is 101 cm³/mol. The highest BCUT2D eigenvalue weighted by Gasteiger charge is 2.28. The van der Waals surface area contributed by atoms with Crippen LogP contribution in [-0.4, -0.2) is 34.5 Å². The van der Waals surface area contributed by atoms with E-state index >= 15 is 0 Å². The molecule has 0 N–H and O–H groups in total. The Kier molecular flexibility index (Phi) is 5.64. The SMILES string of the molecule is C[C@H](c1ccc(F)cc1)N(C)C(=O)C1=NN(Cc2ccccc2)C(=O)CC1. The minimum Gasteiger partial charge on any atom is -0.334 e. The molecule has 27 heavy (non-hydrogen) atoms. The largest absolute Gasteiger partial charge is 0.334 e. The maximum atomic E-state index is 13.1. The molecule has 2 aromatic carbocycles. The van der Waals surface area contributed by atoms with E-state index in [9.17, 15) is 14.0 Å². The quantitative estimate of drug-likeness (QED) is 0.812. The summed E-state index contributed by atoms with van der Waals surface area (Å²) in [5, 5.41) is 5.68. The third-order valence-corrected chi connectivity index (χ3v) is 4.78. The number of hydrazone groups is 1. The lowest BCUT2D eigenvalue weighted by Gasteiger charge is -2.29. The lowest BCUT2D eigenvalue weighted by molar-refractivity contribution is -0.132. The minimum absolute atomic E-state index is 0.0929. The predicted octanol–water partition coefficient (Wildman–Crippen LogP) is 3.52. The van der Waals surface area contributed by atoms with Gasteiger partial charge in [0.05, 0.1) is 12.6 Å². The smallest absolute Gasteiger partial charge is 0.270 e. The molecule has 0 radical (unpaired) electrons. The number of benzene rings is 2. The van der Waals surface area contributed by atoms with Gasteiger partial charge < -0.3 is 4.90 Å². The zero-order valence-corrected chi connectivity index (χ0v) is 15.4. The van der Waals surface area contributed by atoms with Gasteiger partial charge in [-0.25, -0.2) is 9.40 Å². The van der Waals surface area contributed by atoms with E-state index in [1.165, 1.54) is 17.1 Å². The Balaban J connectivity index is 1.75. The van der Waals surface area contributed by atoms with Crippen molar-refractivity contribution < 1.29 is 14.0 Å². The first-order valence-electron chi connectivity index (χ1n) is 8.90. The average Bonchev–Trinajstić information content (AvgIpc) is 2.69. The maximum absolute atomic E-state index is 13.1. The van der Waals surface area contributed by atoms with Gasteiger partial charge in [0.25, 0.3) is 5.91 Å². The van der Waals surface area contributed by atoms with Gasteiger partial charge in [-0.3, -0.25) is 9.59 Å². The second-order valence-electron chi connectivity index (χ2n) is 6.63. The van der Waals surface area contributed by atoms with Gasteiger partial charge in [-0.1, -0.05) is 42.5 Å². The number of halogens is 1. The molecule has 0 saturated carbocycles. The summed E-state index contributed by atoms with van der Waals surface area (Å²) in [7, 11) is 1.69. The summed E-state index contributed by atoms with van der Waals surface area (Å²) in [5.41, 5.74) is 2.15. The fraction of sp³-hybridized carbons (Fsp3) is 0.286. The van der Waals surface area contributed by atoms with Crippen molar-refractivity contribution >= 4 is 17.5 Å². The lowest BCUT2D eigenvalue weighted by atomic mass is 10.1. The summed E-state index contributed by atoms with van der Waals surface area (Å²) >= 11 is 0. The summed E-state index contributed by atoms with van der Waals surface area (Å²) in [6, 6.07) is 15.4. The minimum atomic E-state index is -0.313. The van der Waals surface area contributed by atoms with Crippen molar-refractivity contribution in [3.63, 3.8) is 0 Å². The van der Waals surface area contributed by atoms with Crippen molar-refractivity contribution in [1.82, 2.24) is 9.91 Å². The molecule has 1 aliphatic heterocycles. The molecule has 2 amide bonds. The molecule has 0 saturated heterocycles. The fourth-order valence-corrected chi connectivity index (χ4v) is 2.98. The number of hydrogen-bond donors (Lipinski definition) is 0. The van der Waals surface area contributed by atoms with Gasteiger partial charge in [0, 0.05) is 19.9 Å².